The van der Waals surface area contributed by atoms with Crippen LogP contribution in [0.1, 0.15) is 35.0 Å². The molecule has 0 aliphatic rings. The van der Waals surface area contributed by atoms with Crippen LogP contribution in [0.5, 0.6) is 0 Å². The molecule has 0 N–H and O–H groups in total. The number of rotatable bonds is 4. The average molecular weight is 329 g/mol. The lowest BCUT2D eigenvalue weighted by Crippen LogP contribution is -2.11. The van der Waals surface area contributed by atoms with Crippen LogP contribution in [0, 0.1) is 0 Å². The summed E-state index contributed by atoms with van der Waals surface area (Å²) >= 11 is 8.63. The highest BCUT2D eigenvalue weighted by Crippen LogP contribution is 2.27. The molecule has 0 atom stereocenters. The van der Waals surface area contributed by atoms with Crippen molar-refractivity contribution in [2.75, 3.05) is 6.61 Å². The van der Waals surface area contributed by atoms with Gasteiger partial charge >= 0.3 is 5.97 Å². The largest absolute Gasteiger partial charge is 0.462 e. The van der Waals surface area contributed by atoms with Crippen LogP contribution in [-0.2, 0) is 10.6 Å². The number of alkyl halides is 3. The summed E-state index contributed by atoms with van der Waals surface area (Å²) in [4.78, 5) is 15.1. The first-order valence-corrected chi connectivity index (χ1v) is 6.04. The minimum absolute atomic E-state index is 0.0590. The molecule has 3 nitrogen and oxygen atoms in total. The van der Waals surface area contributed by atoms with Gasteiger partial charge < -0.3 is 4.74 Å². The van der Waals surface area contributed by atoms with Gasteiger partial charge in [0.15, 0.2) is 0 Å². The number of hydrogen-bond acceptors (Lipinski definition) is 3. The fourth-order valence-electron chi connectivity index (χ4n) is 1.18. The Balaban J connectivity index is 3.28. The maximum absolute atomic E-state index is 12.7. The predicted octanol–water partition coefficient (Wildman–Crippen LogP) is 3.70. The summed E-state index contributed by atoms with van der Waals surface area (Å²) in [7, 11) is 0. The highest BCUT2D eigenvalue weighted by Gasteiger charge is 2.23. The third-order valence-electron chi connectivity index (χ3n) is 1.92. The molecule has 0 unspecified atom stereocenters. The van der Waals surface area contributed by atoms with Gasteiger partial charge in [0.05, 0.1) is 18.1 Å². The molecule has 0 saturated heterocycles. The van der Waals surface area contributed by atoms with Crippen LogP contribution < -0.4 is 0 Å². The van der Waals surface area contributed by atoms with Crippen LogP contribution in [0.25, 0.3) is 0 Å². The van der Waals surface area contributed by atoms with Crippen molar-refractivity contribution in [2.24, 2.45) is 0 Å². The third-order valence-corrected chi connectivity index (χ3v) is 2.90. The second kappa shape index (κ2) is 6.26. The van der Waals surface area contributed by atoms with Crippen LogP contribution in [0.4, 0.5) is 8.78 Å². The zero-order valence-corrected chi connectivity index (χ0v) is 11.2. The number of halogens is 4. The molecular weight excluding hydrogens is 319 g/mol. The molecule has 0 aliphatic carbocycles. The topological polar surface area (TPSA) is 39.2 Å². The Hall–Kier alpha value is -0.750. The molecule has 0 aliphatic heterocycles. The van der Waals surface area contributed by atoms with Crippen LogP contribution >= 0.6 is 27.5 Å². The zero-order chi connectivity index (χ0) is 13.0. The molecule has 94 valence electrons. The summed E-state index contributed by atoms with van der Waals surface area (Å²) in [6.45, 7) is 1.70. The molecule has 0 saturated carbocycles. The number of pyridine rings is 1. The highest BCUT2D eigenvalue weighted by atomic mass is 79.9. The van der Waals surface area contributed by atoms with Crippen LogP contribution in [0.3, 0.4) is 0 Å². The van der Waals surface area contributed by atoms with Crippen LogP contribution in [-0.4, -0.2) is 17.6 Å². The molecule has 0 radical (unpaired) electrons. The van der Waals surface area contributed by atoms with Gasteiger partial charge in [0, 0.05) is 5.56 Å². The summed E-state index contributed by atoms with van der Waals surface area (Å²) in [5, 5.41) is 0. The molecule has 1 heterocycles. The highest BCUT2D eigenvalue weighted by molar-refractivity contribution is 9.10. The first-order valence-electron chi connectivity index (χ1n) is 4.71. The van der Waals surface area contributed by atoms with E-state index in [1.54, 1.807) is 6.92 Å². The van der Waals surface area contributed by atoms with Crippen molar-refractivity contribution in [2.45, 2.75) is 19.2 Å². The summed E-state index contributed by atoms with van der Waals surface area (Å²) in [6, 6.07) is 1.27. The maximum atomic E-state index is 12.7. The van der Waals surface area contributed by atoms with Crippen LogP contribution in [0.2, 0.25) is 0 Å². The zero-order valence-electron chi connectivity index (χ0n) is 8.84. The first-order chi connectivity index (χ1) is 8.01. The normalized spacial score (nSPS) is 10.7. The SMILES string of the molecule is CCOC(=O)c1cc(CCl)c(Br)nc1C(F)F. The molecule has 0 amide bonds. The summed E-state index contributed by atoms with van der Waals surface area (Å²) in [5.74, 6) is -0.766. The summed E-state index contributed by atoms with van der Waals surface area (Å²) < 4.78 is 30.3. The molecule has 1 aromatic rings. The number of carbonyl (C=O) groups excluding carboxylic acids is 1. The van der Waals surface area contributed by atoms with Gasteiger partial charge in [-0.15, -0.1) is 11.6 Å². The number of hydrogen-bond donors (Lipinski definition) is 0. The van der Waals surface area contributed by atoms with E-state index in [2.05, 4.69) is 25.7 Å². The van der Waals surface area contributed by atoms with E-state index in [9.17, 15) is 13.6 Å². The fourth-order valence-corrected chi connectivity index (χ4v) is 1.99. The molecular formula is C10H9BrClF2NO2. The Kier molecular flexibility index (Phi) is 5.27. The second-order valence-corrected chi connectivity index (χ2v) is 4.04. The minimum Gasteiger partial charge on any atom is -0.462 e. The van der Waals surface area contributed by atoms with Gasteiger partial charge in [-0.25, -0.2) is 18.6 Å². The lowest BCUT2D eigenvalue weighted by atomic mass is 10.1. The molecule has 0 fully saturated rings. The lowest BCUT2D eigenvalue weighted by molar-refractivity contribution is 0.0513. The first kappa shape index (κ1) is 14.3. The van der Waals surface area contributed by atoms with Gasteiger partial charge in [0.1, 0.15) is 10.3 Å². The van der Waals surface area contributed by atoms with Gasteiger partial charge in [0.2, 0.25) is 0 Å². The van der Waals surface area contributed by atoms with E-state index < -0.39 is 18.1 Å². The molecule has 0 bridgehead atoms. The van der Waals surface area contributed by atoms with Crippen molar-refractivity contribution >= 4 is 33.5 Å². The predicted molar refractivity (Wildman–Crippen MR) is 62.4 cm³/mol. The van der Waals surface area contributed by atoms with E-state index in [1.165, 1.54) is 6.07 Å². The number of ether oxygens (including phenoxy) is 1. The Labute approximate surface area is 110 Å². The fraction of sp³-hybridized carbons (Fsp3) is 0.400. The summed E-state index contributed by atoms with van der Waals surface area (Å²) in [6.07, 6.45) is -2.85. The van der Waals surface area contributed by atoms with Gasteiger partial charge in [-0.3, -0.25) is 0 Å². The Bertz CT molecular complexity index is 429. The molecule has 1 aromatic heterocycles. The van der Waals surface area contributed by atoms with Crippen molar-refractivity contribution in [1.82, 2.24) is 4.98 Å². The molecule has 7 heteroatoms. The van der Waals surface area contributed by atoms with Crippen molar-refractivity contribution in [3.8, 4) is 0 Å². The van der Waals surface area contributed by atoms with E-state index in [1.807, 2.05) is 0 Å². The van der Waals surface area contributed by atoms with Crippen molar-refractivity contribution < 1.29 is 18.3 Å². The number of nitrogens with zero attached hydrogens (tertiary/aromatic N) is 1. The molecule has 0 aromatic carbocycles. The van der Waals surface area contributed by atoms with Crippen molar-refractivity contribution in [3.05, 3.63) is 27.5 Å². The smallest absolute Gasteiger partial charge is 0.340 e. The van der Waals surface area contributed by atoms with Gasteiger partial charge in [-0.2, -0.15) is 0 Å². The van der Waals surface area contributed by atoms with E-state index in [0.717, 1.165) is 0 Å². The molecule has 17 heavy (non-hydrogen) atoms. The summed E-state index contributed by atoms with van der Waals surface area (Å²) in [5.41, 5.74) is -0.399. The monoisotopic (exact) mass is 327 g/mol. The quantitative estimate of drug-likeness (QED) is 0.481. The lowest BCUT2D eigenvalue weighted by Gasteiger charge is -2.10. The van der Waals surface area contributed by atoms with Crippen molar-refractivity contribution in [1.29, 1.82) is 0 Å². The number of aromatic nitrogens is 1. The second-order valence-electron chi connectivity index (χ2n) is 3.03. The number of esters is 1. The molecule has 1 rings (SSSR count). The minimum atomic E-state index is -2.85. The Morgan fingerprint density at radius 1 is 1.65 bits per heavy atom. The van der Waals surface area contributed by atoms with Gasteiger partial charge in [0.25, 0.3) is 6.43 Å². The van der Waals surface area contributed by atoms with Gasteiger partial charge in [-0.05, 0) is 28.9 Å². The Morgan fingerprint density at radius 2 is 2.29 bits per heavy atom. The average Bonchev–Trinajstić information content (AvgIpc) is 2.28. The van der Waals surface area contributed by atoms with E-state index in [4.69, 9.17) is 11.6 Å². The van der Waals surface area contributed by atoms with Gasteiger partial charge in [-0.1, -0.05) is 0 Å². The van der Waals surface area contributed by atoms with E-state index in [-0.39, 0.29) is 22.7 Å². The van der Waals surface area contributed by atoms with Crippen molar-refractivity contribution in [3.63, 3.8) is 0 Å². The molecule has 0 spiro atoms. The van der Waals surface area contributed by atoms with E-state index in [0.29, 0.717) is 5.56 Å². The van der Waals surface area contributed by atoms with Crippen LogP contribution in [0.15, 0.2) is 10.7 Å². The number of carbonyl (C=O) groups is 1. The Morgan fingerprint density at radius 3 is 2.76 bits per heavy atom. The standard InChI is InChI=1S/C10H9BrClF2NO2/c1-2-17-10(16)6-3-5(4-12)8(11)15-7(6)9(13)14/h3,9H,2,4H2,1H3. The van der Waals surface area contributed by atoms with E-state index >= 15 is 0 Å². The maximum Gasteiger partial charge on any atom is 0.340 e. The third kappa shape index (κ3) is 3.35.